The number of ether oxygens (including phenoxy) is 2. The molecule has 1 aliphatic heterocycles. The number of nitrogens with zero attached hydrogens (tertiary/aromatic N) is 4. The van der Waals surface area contributed by atoms with Gasteiger partial charge < -0.3 is 24.6 Å². The molecular weight excluding hydrogens is 632 g/mol. The second-order valence-electron chi connectivity index (χ2n) is 12.4. The molecule has 11 heteroatoms. The first kappa shape index (κ1) is 36.0. The van der Waals surface area contributed by atoms with Crippen molar-refractivity contribution in [3.8, 4) is 11.1 Å². The number of amides is 2. The molecule has 2 N–H and O–H groups in total. The molecule has 0 aliphatic carbocycles. The maximum absolute atomic E-state index is 12.7. The van der Waals surface area contributed by atoms with E-state index in [1.54, 1.807) is 4.90 Å². The zero-order valence-electron chi connectivity index (χ0n) is 28.6. The standard InChI is InChI=1S/C39H46N6O5/c1-44(36(46)19-9-4-12-22-40-38-41-27-32(28-42-38)37(47)49-29-30-13-5-2-6-14-30)25-26-45-23-20-33(21-24-45)50-39(48)43-35-18-11-10-17-34(35)31-15-7-3-8-16-31/h2-3,5-8,10-11,13-18,27-28,33H,4,9,12,19-26,29H2,1H3,(H,43,48)(H,40,41,42). The summed E-state index contributed by atoms with van der Waals surface area (Å²) in [6.07, 6.45) is 6.94. The topological polar surface area (TPSA) is 126 Å². The van der Waals surface area contributed by atoms with Crippen molar-refractivity contribution in [3.05, 3.63) is 108 Å². The number of nitrogens with one attached hydrogen (secondary N) is 2. The fourth-order valence-corrected chi connectivity index (χ4v) is 5.72. The number of para-hydroxylation sites is 1. The van der Waals surface area contributed by atoms with E-state index in [4.69, 9.17) is 9.47 Å². The first-order valence-corrected chi connectivity index (χ1v) is 17.3. The molecule has 4 aromatic rings. The molecule has 0 bridgehead atoms. The molecule has 262 valence electrons. The third-order valence-electron chi connectivity index (χ3n) is 8.69. The zero-order chi connectivity index (χ0) is 35.0. The number of likely N-dealkylation sites (tertiary alicyclic amines) is 1. The van der Waals surface area contributed by atoms with Crippen LogP contribution in [0.5, 0.6) is 0 Å². The average molecular weight is 679 g/mol. The van der Waals surface area contributed by atoms with Crippen LogP contribution in [0.1, 0.15) is 54.4 Å². The van der Waals surface area contributed by atoms with Crippen molar-refractivity contribution < 1.29 is 23.9 Å². The Morgan fingerprint density at radius 3 is 2.28 bits per heavy atom. The van der Waals surface area contributed by atoms with E-state index < -0.39 is 12.1 Å². The van der Waals surface area contributed by atoms with E-state index in [2.05, 4.69) is 25.5 Å². The number of piperidine rings is 1. The molecule has 1 saturated heterocycles. The summed E-state index contributed by atoms with van der Waals surface area (Å²) in [5.74, 6) is 0.124. The zero-order valence-corrected chi connectivity index (χ0v) is 28.6. The molecule has 0 spiro atoms. The Bertz CT molecular complexity index is 1650. The van der Waals surface area contributed by atoms with Gasteiger partial charge in [-0.05, 0) is 42.9 Å². The van der Waals surface area contributed by atoms with Gasteiger partial charge in [-0.3, -0.25) is 10.1 Å². The van der Waals surface area contributed by atoms with E-state index in [-0.39, 0.29) is 18.6 Å². The number of hydrogen-bond donors (Lipinski definition) is 2. The Morgan fingerprint density at radius 2 is 1.54 bits per heavy atom. The summed E-state index contributed by atoms with van der Waals surface area (Å²) in [4.78, 5) is 50.2. The number of unbranched alkanes of at least 4 members (excludes halogenated alkanes) is 2. The molecule has 50 heavy (non-hydrogen) atoms. The lowest BCUT2D eigenvalue weighted by molar-refractivity contribution is -0.130. The minimum absolute atomic E-state index is 0.135. The highest BCUT2D eigenvalue weighted by molar-refractivity contribution is 5.91. The third kappa shape index (κ3) is 11.4. The Morgan fingerprint density at radius 1 is 0.860 bits per heavy atom. The maximum Gasteiger partial charge on any atom is 0.411 e. The molecule has 1 aliphatic rings. The molecule has 1 fully saturated rings. The Balaban J connectivity index is 0.898. The normalized spacial score (nSPS) is 13.3. The number of esters is 1. The van der Waals surface area contributed by atoms with Crippen LogP contribution in [0.4, 0.5) is 16.4 Å². The van der Waals surface area contributed by atoms with Gasteiger partial charge in [0.2, 0.25) is 11.9 Å². The monoisotopic (exact) mass is 678 g/mol. The van der Waals surface area contributed by atoms with Crippen molar-refractivity contribution in [2.75, 3.05) is 50.4 Å². The summed E-state index contributed by atoms with van der Waals surface area (Å²) in [5.41, 5.74) is 3.92. The van der Waals surface area contributed by atoms with Gasteiger partial charge in [0.05, 0.1) is 11.3 Å². The van der Waals surface area contributed by atoms with E-state index in [9.17, 15) is 14.4 Å². The minimum atomic E-state index is -0.465. The van der Waals surface area contributed by atoms with Gasteiger partial charge in [0.25, 0.3) is 0 Å². The number of hydrogen-bond acceptors (Lipinski definition) is 9. The highest BCUT2D eigenvalue weighted by atomic mass is 16.6. The van der Waals surface area contributed by atoms with Crippen LogP contribution < -0.4 is 10.6 Å². The molecule has 5 rings (SSSR count). The van der Waals surface area contributed by atoms with Crippen LogP contribution in [-0.2, 0) is 20.9 Å². The van der Waals surface area contributed by atoms with Crippen molar-refractivity contribution in [1.29, 1.82) is 0 Å². The van der Waals surface area contributed by atoms with Gasteiger partial charge in [0.1, 0.15) is 12.7 Å². The molecule has 0 atom stereocenters. The Kier molecular flexibility index (Phi) is 13.7. The third-order valence-corrected chi connectivity index (χ3v) is 8.69. The fourth-order valence-electron chi connectivity index (χ4n) is 5.72. The lowest BCUT2D eigenvalue weighted by Gasteiger charge is -2.32. The van der Waals surface area contributed by atoms with Crippen LogP contribution in [0.15, 0.2) is 97.3 Å². The molecule has 0 radical (unpaired) electrons. The van der Waals surface area contributed by atoms with E-state index in [1.807, 2.05) is 92.0 Å². The number of rotatable bonds is 16. The summed E-state index contributed by atoms with van der Waals surface area (Å²) in [6, 6.07) is 27.2. The van der Waals surface area contributed by atoms with Crippen molar-refractivity contribution in [3.63, 3.8) is 0 Å². The van der Waals surface area contributed by atoms with Crippen LogP contribution in [-0.4, -0.2) is 83.6 Å². The van der Waals surface area contributed by atoms with Crippen LogP contribution in [0.25, 0.3) is 11.1 Å². The van der Waals surface area contributed by atoms with Crippen molar-refractivity contribution in [2.45, 2.75) is 51.2 Å². The molecule has 2 heterocycles. The summed E-state index contributed by atoms with van der Waals surface area (Å²) in [6.45, 7) is 3.96. The summed E-state index contributed by atoms with van der Waals surface area (Å²) in [5, 5.41) is 6.09. The van der Waals surface area contributed by atoms with Gasteiger partial charge in [0, 0.05) is 64.1 Å². The smallest absolute Gasteiger partial charge is 0.411 e. The summed E-state index contributed by atoms with van der Waals surface area (Å²) >= 11 is 0. The number of anilines is 2. The maximum atomic E-state index is 12.7. The largest absolute Gasteiger partial charge is 0.457 e. The number of carbonyl (C=O) groups excluding carboxylic acids is 3. The first-order chi connectivity index (χ1) is 24.4. The molecule has 0 unspecified atom stereocenters. The molecular formula is C39H46N6O5. The SMILES string of the molecule is CN(CCN1CCC(OC(=O)Nc2ccccc2-c2ccccc2)CC1)C(=O)CCCCCNc1ncc(C(=O)OCc2ccccc2)cn1. The predicted octanol–water partition coefficient (Wildman–Crippen LogP) is 6.64. The first-order valence-electron chi connectivity index (χ1n) is 17.3. The van der Waals surface area contributed by atoms with E-state index in [0.717, 1.165) is 74.1 Å². The highest BCUT2D eigenvalue weighted by Crippen LogP contribution is 2.28. The predicted molar refractivity (Wildman–Crippen MR) is 194 cm³/mol. The van der Waals surface area contributed by atoms with Gasteiger partial charge in [-0.15, -0.1) is 0 Å². The van der Waals surface area contributed by atoms with Crippen molar-refractivity contribution in [1.82, 2.24) is 19.8 Å². The van der Waals surface area contributed by atoms with Gasteiger partial charge in [0.15, 0.2) is 0 Å². The molecule has 0 saturated carbocycles. The summed E-state index contributed by atoms with van der Waals surface area (Å²) < 4.78 is 11.1. The number of likely N-dealkylation sites (N-methyl/N-ethyl adjacent to an activating group) is 1. The van der Waals surface area contributed by atoms with Gasteiger partial charge >= 0.3 is 12.1 Å². The second-order valence-corrected chi connectivity index (χ2v) is 12.4. The lowest BCUT2D eigenvalue weighted by atomic mass is 10.0. The van der Waals surface area contributed by atoms with E-state index in [1.165, 1.54) is 12.4 Å². The average Bonchev–Trinajstić information content (AvgIpc) is 3.16. The molecule has 3 aromatic carbocycles. The quantitative estimate of drug-likeness (QED) is 0.0990. The molecule has 11 nitrogen and oxygen atoms in total. The van der Waals surface area contributed by atoms with Crippen molar-refractivity contribution >= 4 is 29.6 Å². The highest BCUT2D eigenvalue weighted by Gasteiger charge is 2.23. The van der Waals surface area contributed by atoms with E-state index in [0.29, 0.717) is 31.0 Å². The minimum Gasteiger partial charge on any atom is -0.457 e. The molecule has 1 aromatic heterocycles. The second kappa shape index (κ2) is 19.0. The van der Waals surface area contributed by atoms with Crippen LogP contribution in [0.2, 0.25) is 0 Å². The number of benzene rings is 3. The Hall–Kier alpha value is -5.29. The van der Waals surface area contributed by atoms with Gasteiger partial charge in [-0.25, -0.2) is 19.6 Å². The lowest BCUT2D eigenvalue weighted by Crippen LogP contribution is -2.42. The van der Waals surface area contributed by atoms with E-state index >= 15 is 0 Å². The van der Waals surface area contributed by atoms with Gasteiger partial charge in [-0.2, -0.15) is 0 Å². The van der Waals surface area contributed by atoms with Crippen LogP contribution >= 0.6 is 0 Å². The Labute approximate surface area is 294 Å². The van der Waals surface area contributed by atoms with Crippen molar-refractivity contribution in [2.24, 2.45) is 0 Å². The number of carbonyl (C=O) groups is 3. The number of aromatic nitrogens is 2. The van der Waals surface area contributed by atoms with Crippen LogP contribution in [0.3, 0.4) is 0 Å². The summed E-state index contributed by atoms with van der Waals surface area (Å²) in [7, 11) is 1.86. The van der Waals surface area contributed by atoms with Gasteiger partial charge in [-0.1, -0.05) is 85.3 Å². The molecule has 2 amide bonds. The fraction of sp³-hybridized carbons (Fsp3) is 0.359. The van der Waals surface area contributed by atoms with Crippen LogP contribution in [0, 0.1) is 0 Å².